The average molecular weight is 614 g/mol. The molecule has 3 aromatic rings. The maximum absolute atomic E-state index is 13.6. The van der Waals surface area contributed by atoms with Gasteiger partial charge in [-0.15, -0.1) is 10.2 Å². The SMILES string of the molecule is C[C@H]1CN(c2cc(S(=O)(=O)NC3(C)COC3)cn3c(-c4nnc(C(F)F)s4)ncc23)C[C@H](C)N1C(=O)OC(C)(C)C. The van der Waals surface area contributed by atoms with Gasteiger partial charge in [0.1, 0.15) is 10.5 Å². The number of alkyl halides is 2. The average Bonchev–Trinajstić information content (AvgIpc) is 3.48. The molecule has 2 aliphatic heterocycles. The summed E-state index contributed by atoms with van der Waals surface area (Å²) in [5.41, 5.74) is -0.293. The number of sulfonamides is 1. The minimum atomic E-state index is -4.03. The molecule has 0 spiro atoms. The summed E-state index contributed by atoms with van der Waals surface area (Å²) in [6.07, 6.45) is -0.261. The molecule has 0 saturated carbocycles. The molecule has 2 saturated heterocycles. The lowest BCUT2D eigenvalue weighted by Crippen LogP contribution is -2.60. The summed E-state index contributed by atoms with van der Waals surface area (Å²) in [6.45, 7) is 12.2. The standard InChI is InChI=1S/C25H33F2N7O5S2/c1-14-9-32(10-15(2)34(14)23(35)39-24(3,4)5)17-7-16(41(36,37)31-25(6)12-38-13-25)11-33-18(17)8-28-20(33)22-30-29-21(40-22)19(26)27/h7-8,11,14-15,19,31H,9-10,12-13H2,1-6H3/t14-,15-/m0/s1. The topological polar surface area (TPSA) is 131 Å². The van der Waals surface area contributed by atoms with Gasteiger partial charge in [0.2, 0.25) is 10.0 Å². The second kappa shape index (κ2) is 10.4. The van der Waals surface area contributed by atoms with E-state index >= 15 is 0 Å². The highest BCUT2D eigenvalue weighted by atomic mass is 32.2. The van der Waals surface area contributed by atoms with Crippen LogP contribution in [-0.2, 0) is 19.5 Å². The summed E-state index contributed by atoms with van der Waals surface area (Å²) in [4.78, 5) is 21.0. The molecule has 5 heterocycles. The van der Waals surface area contributed by atoms with E-state index in [1.54, 1.807) is 24.1 Å². The zero-order chi connectivity index (χ0) is 29.9. The van der Waals surface area contributed by atoms with Crippen LogP contribution in [0.4, 0.5) is 19.3 Å². The number of pyridine rings is 1. The monoisotopic (exact) mass is 613 g/mol. The number of anilines is 1. The number of nitrogens with zero attached hydrogens (tertiary/aromatic N) is 6. The van der Waals surface area contributed by atoms with Crippen molar-refractivity contribution in [3.8, 4) is 10.8 Å². The first-order chi connectivity index (χ1) is 19.1. The molecule has 1 N–H and O–H groups in total. The smallest absolute Gasteiger partial charge is 0.410 e. The molecule has 0 radical (unpaired) electrons. The van der Waals surface area contributed by atoms with Gasteiger partial charge < -0.3 is 14.4 Å². The minimum Gasteiger partial charge on any atom is -0.444 e. The van der Waals surface area contributed by atoms with Gasteiger partial charge in [0.05, 0.1) is 48.2 Å². The van der Waals surface area contributed by atoms with Crippen LogP contribution in [0.3, 0.4) is 0 Å². The van der Waals surface area contributed by atoms with Gasteiger partial charge in [0.25, 0.3) is 6.43 Å². The molecule has 5 rings (SSSR count). The predicted molar refractivity (Wildman–Crippen MR) is 148 cm³/mol. The molecule has 41 heavy (non-hydrogen) atoms. The van der Waals surface area contributed by atoms with E-state index in [0.29, 0.717) is 35.6 Å². The van der Waals surface area contributed by atoms with Crippen molar-refractivity contribution in [2.45, 2.75) is 76.1 Å². The van der Waals surface area contributed by atoms with Crippen molar-refractivity contribution in [3.63, 3.8) is 0 Å². The van der Waals surface area contributed by atoms with Crippen molar-refractivity contribution in [1.82, 2.24) is 29.2 Å². The number of halogens is 2. The van der Waals surface area contributed by atoms with E-state index in [-0.39, 0.29) is 41.0 Å². The number of nitrogens with one attached hydrogen (secondary N) is 1. The van der Waals surface area contributed by atoms with Crippen LogP contribution in [-0.4, -0.2) is 88.5 Å². The largest absolute Gasteiger partial charge is 0.444 e. The van der Waals surface area contributed by atoms with Gasteiger partial charge in [-0.25, -0.2) is 31.7 Å². The van der Waals surface area contributed by atoms with E-state index in [4.69, 9.17) is 9.47 Å². The van der Waals surface area contributed by atoms with Gasteiger partial charge in [-0.2, -0.15) is 0 Å². The molecule has 0 aromatic carbocycles. The fourth-order valence-corrected chi connectivity index (χ4v) is 7.16. The van der Waals surface area contributed by atoms with Crippen LogP contribution in [0.2, 0.25) is 0 Å². The molecule has 16 heteroatoms. The second-order valence-electron chi connectivity index (χ2n) is 11.8. The Morgan fingerprint density at radius 1 is 1.22 bits per heavy atom. The maximum atomic E-state index is 13.6. The van der Waals surface area contributed by atoms with E-state index in [1.165, 1.54) is 10.6 Å². The highest BCUT2D eigenvalue weighted by Gasteiger charge is 2.40. The highest BCUT2D eigenvalue weighted by molar-refractivity contribution is 7.89. The Bertz CT molecular complexity index is 1550. The summed E-state index contributed by atoms with van der Waals surface area (Å²) in [5, 5.41) is 7.11. The number of fused-ring (bicyclic) bond motifs is 1. The number of hydrogen-bond acceptors (Lipinski definition) is 10. The van der Waals surface area contributed by atoms with Gasteiger partial charge >= 0.3 is 6.09 Å². The number of aromatic nitrogens is 4. The second-order valence-corrected chi connectivity index (χ2v) is 14.5. The summed E-state index contributed by atoms with van der Waals surface area (Å²) in [6, 6.07) is 1.04. The van der Waals surface area contributed by atoms with Crippen molar-refractivity contribution in [2.75, 3.05) is 31.2 Å². The Kier molecular flexibility index (Phi) is 7.49. The Morgan fingerprint density at radius 2 is 1.88 bits per heavy atom. The lowest BCUT2D eigenvalue weighted by atomic mass is 10.0. The van der Waals surface area contributed by atoms with Crippen LogP contribution >= 0.6 is 11.3 Å². The minimum absolute atomic E-state index is 0.0409. The van der Waals surface area contributed by atoms with Crippen LogP contribution in [0.1, 0.15) is 53.0 Å². The summed E-state index contributed by atoms with van der Waals surface area (Å²) >= 11 is 0.691. The van der Waals surface area contributed by atoms with Crippen LogP contribution < -0.4 is 9.62 Å². The van der Waals surface area contributed by atoms with E-state index < -0.39 is 38.7 Å². The predicted octanol–water partition coefficient (Wildman–Crippen LogP) is 3.69. The van der Waals surface area contributed by atoms with Crippen molar-refractivity contribution in [2.24, 2.45) is 0 Å². The van der Waals surface area contributed by atoms with Crippen molar-refractivity contribution >= 4 is 38.7 Å². The Balaban J connectivity index is 1.57. The molecular formula is C25H33F2N7O5S2. The number of carbonyl (C=O) groups is 1. The Morgan fingerprint density at radius 3 is 2.41 bits per heavy atom. The quantitative estimate of drug-likeness (QED) is 0.442. The molecule has 1 amide bonds. The van der Waals surface area contributed by atoms with Crippen molar-refractivity contribution in [1.29, 1.82) is 0 Å². The number of hydrogen-bond donors (Lipinski definition) is 1. The van der Waals surface area contributed by atoms with Gasteiger partial charge in [-0.3, -0.25) is 9.30 Å². The molecule has 0 unspecified atom stereocenters. The normalized spacial score (nSPS) is 21.4. The lowest BCUT2D eigenvalue weighted by Gasteiger charge is -2.45. The van der Waals surface area contributed by atoms with E-state index in [1.807, 2.05) is 39.5 Å². The van der Waals surface area contributed by atoms with Crippen LogP contribution in [0.5, 0.6) is 0 Å². The molecule has 12 nitrogen and oxygen atoms in total. The van der Waals surface area contributed by atoms with Gasteiger partial charge in [-0.1, -0.05) is 11.3 Å². The first kappa shape index (κ1) is 29.5. The van der Waals surface area contributed by atoms with Crippen LogP contribution in [0.25, 0.3) is 16.3 Å². The first-order valence-electron chi connectivity index (χ1n) is 13.1. The third-order valence-corrected chi connectivity index (χ3v) is 9.34. The molecule has 0 aliphatic carbocycles. The zero-order valence-corrected chi connectivity index (χ0v) is 25.2. The maximum Gasteiger partial charge on any atom is 0.410 e. The lowest BCUT2D eigenvalue weighted by molar-refractivity contribution is -0.0523. The van der Waals surface area contributed by atoms with E-state index in [0.717, 1.165) is 0 Å². The van der Waals surface area contributed by atoms with Gasteiger partial charge in [-0.05, 0) is 47.6 Å². The van der Waals surface area contributed by atoms with Crippen LogP contribution in [0, 0.1) is 0 Å². The Hall–Kier alpha value is -2.95. The number of amides is 1. The zero-order valence-electron chi connectivity index (χ0n) is 23.6. The fourth-order valence-electron chi connectivity index (χ4n) is 5.07. The molecule has 2 fully saturated rings. The number of carbonyl (C=O) groups excluding carboxylic acids is 1. The summed E-state index contributed by atoms with van der Waals surface area (Å²) in [5.74, 6) is 0.189. The third kappa shape index (κ3) is 5.87. The highest BCUT2D eigenvalue weighted by Crippen LogP contribution is 2.35. The van der Waals surface area contributed by atoms with Gasteiger partial charge in [0, 0.05) is 19.3 Å². The summed E-state index contributed by atoms with van der Waals surface area (Å²) in [7, 11) is -4.03. The van der Waals surface area contributed by atoms with E-state index in [9.17, 15) is 22.0 Å². The Labute approximate surface area is 240 Å². The molecular weight excluding hydrogens is 580 g/mol. The molecule has 2 atom stereocenters. The summed E-state index contributed by atoms with van der Waals surface area (Å²) < 4.78 is 68.7. The fraction of sp³-hybridized carbons (Fsp3) is 0.600. The van der Waals surface area contributed by atoms with E-state index in [2.05, 4.69) is 19.9 Å². The number of piperazine rings is 1. The molecule has 0 bridgehead atoms. The molecule has 3 aromatic heterocycles. The number of ether oxygens (including phenoxy) is 2. The molecule has 224 valence electrons. The first-order valence-corrected chi connectivity index (χ1v) is 15.4. The number of rotatable bonds is 6. The molecule has 2 aliphatic rings. The van der Waals surface area contributed by atoms with Crippen molar-refractivity contribution < 1.29 is 31.5 Å². The third-order valence-electron chi connectivity index (χ3n) is 6.81. The number of imidazole rings is 1. The van der Waals surface area contributed by atoms with Crippen LogP contribution in [0.15, 0.2) is 23.4 Å². The van der Waals surface area contributed by atoms with Crippen molar-refractivity contribution in [3.05, 3.63) is 23.5 Å². The van der Waals surface area contributed by atoms with Gasteiger partial charge in [0.15, 0.2) is 15.8 Å².